The fraction of sp³-hybridized carbons (Fsp3) is 0.708. The largest absolute Gasteiger partial charge is 0.483 e. The highest BCUT2D eigenvalue weighted by molar-refractivity contribution is 5.94. The predicted octanol–water partition coefficient (Wildman–Crippen LogP) is 2.99. The van der Waals surface area contributed by atoms with E-state index in [4.69, 9.17) is 9.90 Å². The van der Waals surface area contributed by atoms with E-state index in [1.807, 2.05) is 24.8 Å². The van der Waals surface area contributed by atoms with E-state index in [-0.39, 0.29) is 17.9 Å². The first kappa shape index (κ1) is 23.5. The van der Waals surface area contributed by atoms with Gasteiger partial charge in [-0.25, -0.2) is 0 Å². The molecular weight excluding hydrogens is 394 g/mol. The third-order valence-corrected chi connectivity index (χ3v) is 7.43. The number of aromatic nitrogens is 1. The van der Waals surface area contributed by atoms with Gasteiger partial charge in [-0.1, -0.05) is 19.8 Å². The van der Waals surface area contributed by atoms with Crippen molar-refractivity contribution in [3.63, 3.8) is 0 Å². The second-order valence-corrected chi connectivity index (χ2v) is 9.17. The van der Waals surface area contributed by atoms with Crippen LogP contribution in [0, 0.1) is 18.8 Å². The molecule has 2 bridgehead atoms. The minimum Gasteiger partial charge on any atom is -0.483 e. The molecule has 7 heteroatoms. The lowest BCUT2D eigenvalue weighted by Gasteiger charge is -2.57. The second kappa shape index (κ2) is 10.4. The highest BCUT2D eigenvalue weighted by Gasteiger charge is 2.47. The van der Waals surface area contributed by atoms with Gasteiger partial charge in [0, 0.05) is 37.4 Å². The molecule has 3 saturated heterocycles. The van der Waals surface area contributed by atoms with E-state index in [1.54, 1.807) is 10.6 Å². The molecule has 0 spiro atoms. The Labute approximate surface area is 185 Å². The highest BCUT2D eigenvalue weighted by atomic mass is 16.3. The fourth-order valence-electron chi connectivity index (χ4n) is 6.16. The maximum Gasteiger partial charge on any atom is 0.290 e. The summed E-state index contributed by atoms with van der Waals surface area (Å²) in [6.45, 7) is 9.37. The number of aryl methyl sites for hydroxylation is 1. The van der Waals surface area contributed by atoms with Crippen molar-refractivity contribution in [2.75, 3.05) is 19.6 Å². The van der Waals surface area contributed by atoms with Gasteiger partial charge in [-0.15, -0.1) is 0 Å². The molecule has 3 fully saturated rings. The van der Waals surface area contributed by atoms with Gasteiger partial charge in [-0.2, -0.15) is 0 Å². The summed E-state index contributed by atoms with van der Waals surface area (Å²) >= 11 is 0. The molecule has 1 aromatic rings. The quantitative estimate of drug-likeness (QED) is 0.741. The SMILES string of the molecule is CCC[C@H]1[C@H]2C[C@H](CN(C(=O)c3ccc(C)n(CC)c3=O)C2)[C@@H]2CCCCN21.O=CO. The van der Waals surface area contributed by atoms with Crippen LogP contribution in [0.4, 0.5) is 0 Å². The number of likely N-dealkylation sites (tertiary alicyclic amines) is 1. The van der Waals surface area contributed by atoms with Crippen LogP contribution in [0.25, 0.3) is 0 Å². The van der Waals surface area contributed by atoms with Gasteiger partial charge >= 0.3 is 0 Å². The van der Waals surface area contributed by atoms with Gasteiger partial charge in [0.25, 0.3) is 17.9 Å². The van der Waals surface area contributed by atoms with Crippen molar-refractivity contribution in [1.82, 2.24) is 14.4 Å². The van der Waals surface area contributed by atoms with Crippen LogP contribution < -0.4 is 5.56 Å². The zero-order valence-electron chi connectivity index (χ0n) is 19.1. The number of amides is 1. The molecule has 7 nitrogen and oxygen atoms in total. The number of hydrogen-bond acceptors (Lipinski definition) is 4. The van der Waals surface area contributed by atoms with E-state index < -0.39 is 0 Å². The molecular formula is C24H37N3O4. The lowest BCUT2D eigenvalue weighted by Crippen LogP contribution is -2.64. The van der Waals surface area contributed by atoms with Crippen molar-refractivity contribution >= 4 is 12.4 Å². The summed E-state index contributed by atoms with van der Waals surface area (Å²) in [4.78, 5) is 39.4. The van der Waals surface area contributed by atoms with Crippen LogP contribution in [0.3, 0.4) is 0 Å². The average molecular weight is 432 g/mol. The van der Waals surface area contributed by atoms with Crippen LogP contribution in [0.1, 0.15) is 68.4 Å². The standard InChI is InChI=1S/C23H35N3O2.CH2O2/c1-4-8-20-17-13-18(21-9-6-7-12-26(20)21)15-24(14-17)22(27)19-11-10-16(3)25(5-2)23(19)28;2-1-3/h10-11,17-18,20-21H,4-9,12-15H2,1-3H3;1H,(H,2,3)/t17-,18+,20-,21-;/m0./s1. The van der Waals surface area contributed by atoms with Gasteiger partial charge in [0.2, 0.25) is 0 Å². The lowest BCUT2D eigenvalue weighted by molar-refractivity contribution is -0.122. The Morgan fingerprint density at radius 2 is 1.90 bits per heavy atom. The van der Waals surface area contributed by atoms with E-state index in [0.717, 1.165) is 18.8 Å². The Bertz CT molecular complexity index is 837. The van der Waals surface area contributed by atoms with Crippen LogP contribution in [0.5, 0.6) is 0 Å². The van der Waals surface area contributed by atoms with Gasteiger partial charge in [-0.05, 0) is 70.0 Å². The highest BCUT2D eigenvalue weighted by Crippen LogP contribution is 2.42. The number of fused-ring (bicyclic) bond motifs is 4. The van der Waals surface area contributed by atoms with Gasteiger partial charge in [0.1, 0.15) is 5.56 Å². The summed E-state index contributed by atoms with van der Waals surface area (Å²) in [5.41, 5.74) is 1.13. The molecule has 4 atom stereocenters. The number of hydrogen-bond donors (Lipinski definition) is 1. The first-order chi connectivity index (χ1) is 15.0. The van der Waals surface area contributed by atoms with Crippen LogP contribution in [-0.2, 0) is 11.3 Å². The maximum absolute atomic E-state index is 13.4. The minimum atomic E-state index is -0.250. The number of nitrogens with zero attached hydrogens (tertiary/aromatic N) is 3. The van der Waals surface area contributed by atoms with Crippen LogP contribution in [0.2, 0.25) is 0 Å². The predicted molar refractivity (Wildman–Crippen MR) is 120 cm³/mol. The normalized spacial score (nSPS) is 27.6. The van der Waals surface area contributed by atoms with Crippen molar-refractivity contribution < 1.29 is 14.7 Å². The van der Waals surface area contributed by atoms with E-state index >= 15 is 0 Å². The second-order valence-electron chi connectivity index (χ2n) is 9.17. The molecule has 3 aliphatic rings. The number of piperidine rings is 3. The van der Waals surface area contributed by atoms with Gasteiger partial charge in [-0.3, -0.25) is 19.3 Å². The number of rotatable bonds is 4. The van der Waals surface area contributed by atoms with Crippen LogP contribution >= 0.6 is 0 Å². The zero-order valence-corrected chi connectivity index (χ0v) is 19.1. The summed E-state index contributed by atoms with van der Waals surface area (Å²) < 4.78 is 1.71. The first-order valence-corrected chi connectivity index (χ1v) is 11.8. The van der Waals surface area contributed by atoms with Crippen molar-refractivity contribution in [2.24, 2.45) is 11.8 Å². The van der Waals surface area contributed by atoms with Gasteiger partial charge < -0.3 is 14.6 Å². The molecule has 31 heavy (non-hydrogen) atoms. The Balaban J connectivity index is 0.000000858. The minimum absolute atomic E-state index is 0.0543. The Morgan fingerprint density at radius 3 is 2.58 bits per heavy atom. The molecule has 0 radical (unpaired) electrons. The molecule has 0 saturated carbocycles. The Hall–Kier alpha value is -2.15. The first-order valence-electron chi connectivity index (χ1n) is 11.8. The molecule has 3 aliphatic heterocycles. The van der Waals surface area contributed by atoms with E-state index in [0.29, 0.717) is 36.0 Å². The Kier molecular flexibility index (Phi) is 7.92. The summed E-state index contributed by atoms with van der Waals surface area (Å²) in [7, 11) is 0. The molecule has 1 aromatic heterocycles. The average Bonchev–Trinajstić information content (AvgIpc) is 2.77. The number of pyridine rings is 1. The van der Waals surface area contributed by atoms with E-state index in [2.05, 4.69) is 11.8 Å². The maximum atomic E-state index is 13.4. The van der Waals surface area contributed by atoms with Gasteiger partial charge in [0.15, 0.2) is 0 Å². The summed E-state index contributed by atoms with van der Waals surface area (Å²) in [5.74, 6) is 1.06. The summed E-state index contributed by atoms with van der Waals surface area (Å²) in [6, 6.07) is 4.88. The van der Waals surface area contributed by atoms with Crippen LogP contribution in [-0.4, -0.2) is 63.6 Å². The molecule has 4 heterocycles. The van der Waals surface area contributed by atoms with E-state index in [9.17, 15) is 9.59 Å². The van der Waals surface area contributed by atoms with E-state index in [1.165, 1.54) is 45.1 Å². The summed E-state index contributed by atoms with van der Waals surface area (Å²) in [6.07, 6.45) is 7.58. The topological polar surface area (TPSA) is 82.9 Å². The van der Waals surface area contributed by atoms with Crippen molar-refractivity contribution in [1.29, 1.82) is 0 Å². The molecule has 0 unspecified atom stereocenters. The molecule has 1 N–H and O–H groups in total. The molecule has 1 amide bonds. The molecule has 172 valence electrons. The third-order valence-electron chi connectivity index (χ3n) is 7.43. The molecule has 0 aliphatic carbocycles. The molecule has 4 rings (SSSR count). The number of carbonyl (C=O) groups is 2. The third kappa shape index (κ3) is 4.71. The zero-order chi connectivity index (χ0) is 22.5. The van der Waals surface area contributed by atoms with Crippen LogP contribution in [0.15, 0.2) is 16.9 Å². The smallest absolute Gasteiger partial charge is 0.290 e. The lowest BCUT2D eigenvalue weighted by atomic mass is 9.71. The van der Waals surface area contributed by atoms with Gasteiger partial charge in [0.05, 0.1) is 0 Å². The van der Waals surface area contributed by atoms with Crippen molar-refractivity contribution in [3.8, 4) is 0 Å². The van der Waals surface area contributed by atoms with Crippen molar-refractivity contribution in [2.45, 2.75) is 77.9 Å². The summed E-state index contributed by atoms with van der Waals surface area (Å²) in [5, 5.41) is 6.89. The number of carbonyl (C=O) groups excluding carboxylic acids is 1. The Morgan fingerprint density at radius 1 is 1.19 bits per heavy atom. The monoisotopic (exact) mass is 431 g/mol. The fourth-order valence-corrected chi connectivity index (χ4v) is 6.16. The molecule has 0 aromatic carbocycles. The number of carboxylic acid groups (broad SMARTS) is 1. The van der Waals surface area contributed by atoms with Crippen molar-refractivity contribution in [3.05, 3.63) is 33.7 Å².